The van der Waals surface area contributed by atoms with Crippen molar-refractivity contribution in [3.63, 3.8) is 0 Å². The van der Waals surface area contributed by atoms with Crippen molar-refractivity contribution in [2.45, 2.75) is 31.7 Å². The van der Waals surface area contributed by atoms with Gasteiger partial charge in [0.15, 0.2) is 0 Å². The van der Waals surface area contributed by atoms with Gasteiger partial charge in [0.25, 0.3) is 5.91 Å². The SMILES string of the molecule is O=C(c1ccc(-n2cncn2)cc1)N1CC(C(=O)N2CCCN(C3CCC3)CC2)C1. The molecular formula is C22H28N6O2. The summed E-state index contributed by atoms with van der Waals surface area (Å²) in [6, 6.07) is 8.06. The Balaban J connectivity index is 1.13. The molecule has 3 aliphatic rings. The van der Waals surface area contributed by atoms with Crippen molar-refractivity contribution >= 4 is 11.8 Å². The molecule has 0 atom stereocenters. The molecule has 2 aliphatic heterocycles. The predicted molar refractivity (Wildman–Crippen MR) is 111 cm³/mol. The summed E-state index contributed by atoms with van der Waals surface area (Å²) in [5, 5.41) is 4.09. The molecule has 1 aliphatic carbocycles. The summed E-state index contributed by atoms with van der Waals surface area (Å²) in [6.45, 7) is 4.80. The number of aromatic nitrogens is 3. The van der Waals surface area contributed by atoms with Gasteiger partial charge in [0.1, 0.15) is 12.7 Å². The number of carbonyl (C=O) groups is 2. The molecule has 1 aromatic heterocycles. The van der Waals surface area contributed by atoms with Crippen LogP contribution in [-0.4, -0.2) is 86.6 Å². The molecule has 2 amide bonds. The average molecular weight is 409 g/mol. The molecular weight excluding hydrogens is 380 g/mol. The van der Waals surface area contributed by atoms with Gasteiger partial charge in [-0.1, -0.05) is 6.42 Å². The van der Waals surface area contributed by atoms with Crippen LogP contribution in [0.5, 0.6) is 0 Å². The summed E-state index contributed by atoms with van der Waals surface area (Å²) in [5.74, 6) is 0.144. The zero-order chi connectivity index (χ0) is 20.5. The second-order valence-corrected chi connectivity index (χ2v) is 8.59. The molecule has 0 unspecified atom stereocenters. The van der Waals surface area contributed by atoms with E-state index in [0.717, 1.165) is 44.3 Å². The highest BCUT2D eigenvalue weighted by Crippen LogP contribution is 2.26. The van der Waals surface area contributed by atoms with Crippen LogP contribution in [0, 0.1) is 5.92 Å². The van der Waals surface area contributed by atoms with E-state index in [2.05, 4.69) is 15.0 Å². The van der Waals surface area contributed by atoms with Gasteiger partial charge in [-0.25, -0.2) is 9.67 Å². The smallest absolute Gasteiger partial charge is 0.253 e. The molecule has 8 heteroatoms. The lowest BCUT2D eigenvalue weighted by Gasteiger charge is -2.40. The fourth-order valence-corrected chi connectivity index (χ4v) is 4.61. The number of likely N-dealkylation sites (tertiary alicyclic amines) is 1. The number of hydrogen-bond donors (Lipinski definition) is 0. The Kier molecular flexibility index (Phi) is 5.25. The first-order valence-electron chi connectivity index (χ1n) is 11.0. The van der Waals surface area contributed by atoms with Crippen LogP contribution in [0.15, 0.2) is 36.9 Å². The number of hydrogen-bond acceptors (Lipinski definition) is 5. The second kappa shape index (κ2) is 8.18. The Labute approximate surface area is 176 Å². The number of nitrogens with zero attached hydrogens (tertiary/aromatic N) is 6. The van der Waals surface area contributed by atoms with E-state index in [0.29, 0.717) is 18.7 Å². The minimum atomic E-state index is -0.0568. The summed E-state index contributed by atoms with van der Waals surface area (Å²) in [5.41, 5.74) is 1.49. The maximum absolute atomic E-state index is 12.9. The third-order valence-electron chi connectivity index (χ3n) is 6.75. The van der Waals surface area contributed by atoms with E-state index >= 15 is 0 Å². The number of carbonyl (C=O) groups excluding carboxylic acids is 2. The maximum atomic E-state index is 12.9. The van der Waals surface area contributed by atoms with Crippen LogP contribution in [0.1, 0.15) is 36.0 Å². The van der Waals surface area contributed by atoms with Gasteiger partial charge >= 0.3 is 0 Å². The normalized spacial score (nSPS) is 21.1. The highest BCUT2D eigenvalue weighted by molar-refractivity contribution is 5.96. The Morgan fingerprint density at radius 1 is 0.900 bits per heavy atom. The quantitative estimate of drug-likeness (QED) is 0.765. The Hall–Kier alpha value is -2.74. The first-order valence-corrected chi connectivity index (χ1v) is 11.0. The van der Waals surface area contributed by atoms with Crippen molar-refractivity contribution in [1.29, 1.82) is 0 Å². The number of rotatable bonds is 4. The first kappa shape index (κ1) is 19.2. The molecule has 2 aromatic rings. The van der Waals surface area contributed by atoms with Crippen molar-refractivity contribution < 1.29 is 9.59 Å². The Morgan fingerprint density at radius 3 is 2.37 bits per heavy atom. The lowest BCUT2D eigenvalue weighted by molar-refractivity contribution is -0.139. The van der Waals surface area contributed by atoms with Crippen LogP contribution in [0.25, 0.3) is 5.69 Å². The molecule has 3 heterocycles. The van der Waals surface area contributed by atoms with E-state index in [4.69, 9.17) is 0 Å². The third kappa shape index (κ3) is 3.71. The van der Waals surface area contributed by atoms with E-state index in [9.17, 15) is 9.59 Å². The topological polar surface area (TPSA) is 74.6 Å². The zero-order valence-corrected chi connectivity index (χ0v) is 17.2. The molecule has 2 saturated heterocycles. The number of benzene rings is 1. The fraction of sp³-hybridized carbons (Fsp3) is 0.545. The van der Waals surface area contributed by atoms with Crippen molar-refractivity contribution in [3.05, 3.63) is 42.5 Å². The summed E-state index contributed by atoms with van der Waals surface area (Å²) < 4.78 is 1.65. The van der Waals surface area contributed by atoms with Crippen LogP contribution in [-0.2, 0) is 4.79 Å². The van der Waals surface area contributed by atoms with Gasteiger partial charge in [0, 0.05) is 50.9 Å². The van der Waals surface area contributed by atoms with Gasteiger partial charge in [-0.15, -0.1) is 0 Å². The van der Waals surface area contributed by atoms with Gasteiger partial charge in [0.2, 0.25) is 5.91 Å². The van der Waals surface area contributed by atoms with Crippen molar-refractivity contribution in [1.82, 2.24) is 29.5 Å². The van der Waals surface area contributed by atoms with Gasteiger partial charge in [-0.3, -0.25) is 14.5 Å². The molecule has 5 rings (SSSR count). The highest BCUT2D eigenvalue weighted by atomic mass is 16.2. The van der Waals surface area contributed by atoms with Crippen LogP contribution >= 0.6 is 0 Å². The predicted octanol–water partition coefficient (Wildman–Crippen LogP) is 1.43. The number of amides is 2. The molecule has 1 saturated carbocycles. The minimum Gasteiger partial charge on any atom is -0.341 e. The van der Waals surface area contributed by atoms with Crippen molar-refractivity contribution in [3.8, 4) is 5.69 Å². The third-order valence-corrected chi connectivity index (χ3v) is 6.75. The van der Waals surface area contributed by atoms with Crippen molar-refractivity contribution in [2.75, 3.05) is 39.3 Å². The van der Waals surface area contributed by atoms with E-state index in [-0.39, 0.29) is 17.7 Å². The summed E-state index contributed by atoms with van der Waals surface area (Å²) in [7, 11) is 0. The monoisotopic (exact) mass is 408 g/mol. The molecule has 0 bridgehead atoms. The highest BCUT2D eigenvalue weighted by Gasteiger charge is 2.39. The van der Waals surface area contributed by atoms with Gasteiger partial charge in [-0.05, 0) is 43.5 Å². The second-order valence-electron chi connectivity index (χ2n) is 8.59. The molecule has 1 aromatic carbocycles. The van der Waals surface area contributed by atoms with Crippen LogP contribution in [0.4, 0.5) is 0 Å². The zero-order valence-electron chi connectivity index (χ0n) is 17.2. The standard InChI is InChI=1S/C22H28N6O2/c29-21(17-5-7-20(8-6-17)28-16-23-15-24-28)27-13-18(14-27)22(30)26-10-2-9-25(11-12-26)19-3-1-4-19/h5-8,15-16,18-19H,1-4,9-14H2. The molecule has 158 valence electrons. The van der Waals surface area contributed by atoms with Crippen LogP contribution < -0.4 is 0 Å². The summed E-state index contributed by atoms with van der Waals surface area (Å²) >= 11 is 0. The fourth-order valence-electron chi connectivity index (χ4n) is 4.61. The Bertz CT molecular complexity index is 887. The average Bonchev–Trinajstić information content (AvgIpc) is 3.12. The summed E-state index contributed by atoms with van der Waals surface area (Å²) in [4.78, 5) is 36.0. The van der Waals surface area contributed by atoms with Gasteiger partial charge < -0.3 is 9.80 Å². The minimum absolute atomic E-state index is 0.0174. The molecule has 0 radical (unpaired) electrons. The van der Waals surface area contributed by atoms with Crippen LogP contribution in [0.2, 0.25) is 0 Å². The van der Waals surface area contributed by atoms with Crippen molar-refractivity contribution in [2.24, 2.45) is 5.92 Å². The van der Waals surface area contributed by atoms with E-state index in [1.54, 1.807) is 28.0 Å². The lowest BCUT2D eigenvalue weighted by atomic mass is 9.91. The molecule has 3 fully saturated rings. The maximum Gasteiger partial charge on any atom is 0.253 e. The first-order chi connectivity index (χ1) is 14.7. The summed E-state index contributed by atoms with van der Waals surface area (Å²) in [6.07, 6.45) is 8.12. The van der Waals surface area contributed by atoms with Gasteiger partial charge in [0.05, 0.1) is 11.6 Å². The van der Waals surface area contributed by atoms with E-state index in [1.165, 1.54) is 25.6 Å². The lowest BCUT2D eigenvalue weighted by Crippen LogP contribution is -2.56. The molecule has 0 N–H and O–H groups in total. The van der Waals surface area contributed by atoms with Gasteiger partial charge in [-0.2, -0.15) is 5.10 Å². The van der Waals surface area contributed by atoms with Crippen LogP contribution in [0.3, 0.4) is 0 Å². The van der Waals surface area contributed by atoms with E-state index in [1.807, 2.05) is 17.0 Å². The molecule has 0 spiro atoms. The van der Waals surface area contributed by atoms with E-state index < -0.39 is 0 Å². The Morgan fingerprint density at radius 2 is 1.70 bits per heavy atom. The molecule has 30 heavy (non-hydrogen) atoms. The molecule has 8 nitrogen and oxygen atoms in total. The largest absolute Gasteiger partial charge is 0.341 e.